The van der Waals surface area contributed by atoms with Crippen LogP contribution < -0.4 is 5.32 Å². The molecule has 0 amide bonds. The highest BCUT2D eigenvalue weighted by Gasteiger charge is 2.26. The molecule has 0 spiro atoms. The van der Waals surface area contributed by atoms with Crippen molar-refractivity contribution in [2.24, 2.45) is 0 Å². The van der Waals surface area contributed by atoms with Crippen LogP contribution in [0.4, 0.5) is 13.2 Å². The van der Waals surface area contributed by atoms with Crippen molar-refractivity contribution in [1.82, 2.24) is 5.32 Å². The fraction of sp³-hybridized carbons (Fsp3) is 1.00. The third-order valence-electron chi connectivity index (χ3n) is 1.70. The van der Waals surface area contributed by atoms with Gasteiger partial charge in [-0.1, -0.05) is 6.92 Å². The monoisotopic (exact) mass is 215 g/mol. The van der Waals surface area contributed by atoms with E-state index in [1.807, 2.05) is 13.2 Å². The van der Waals surface area contributed by atoms with E-state index in [2.05, 4.69) is 5.32 Å². The Balaban J connectivity index is 3.49. The zero-order valence-electron chi connectivity index (χ0n) is 7.95. The Hall–Kier alpha value is 0.100. The fourth-order valence-electron chi connectivity index (χ4n) is 0.940. The van der Waals surface area contributed by atoms with Gasteiger partial charge in [-0.25, -0.2) is 0 Å². The van der Waals surface area contributed by atoms with Crippen molar-refractivity contribution < 1.29 is 13.2 Å². The van der Waals surface area contributed by atoms with Gasteiger partial charge in [0, 0.05) is 18.3 Å². The second-order valence-electron chi connectivity index (χ2n) is 2.88. The second kappa shape index (κ2) is 6.54. The number of hydrogen-bond acceptors (Lipinski definition) is 2. The lowest BCUT2D eigenvalue weighted by molar-refractivity contribution is -0.133. The molecule has 1 atom stereocenters. The van der Waals surface area contributed by atoms with Gasteiger partial charge in [0.15, 0.2) is 0 Å². The van der Waals surface area contributed by atoms with Gasteiger partial charge >= 0.3 is 6.18 Å². The molecule has 0 rings (SSSR count). The first-order valence-corrected chi connectivity index (χ1v) is 5.68. The standard InChI is InChI=1S/C8H16F3NS/c1-3-7(6-13-2)12-5-4-8(9,10)11/h7,12H,3-6H2,1-2H3. The second-order valence-corrected chi connectivity index (χ2v) is 3.79. The minimum absolute atomic E-state index is 0.0303. The summed E-state index contributed by atoms with van der Waals surface area (Å²) in [5.41, 5.74) is 0. The summed E-state index contributed by atoms with van der Waals surface area (Å²) in [6.07, 6.45) is -1.95. The summed E-state index contributed by atoms with van der Waals surface area (Å²) in [6.45, 7) is 2.00. The van der Waals surface area contributed by atoms with Crippen molar-refractivity contribution in [2.75, 3.05) is 18.6 Å². The molecule has 0 aromatic rings. The molecule has 1 unspecified atom stereocenters. The summed E-state index contributed by atoms with van der Waals surface area (Å²) in [7, 11) is 0. The van der Waals surface area contributed by atoms with Crippen LogP contribution in [0.3, 0.4) is 0 Å². The van der Waals surface area contributed by atoms with Crippen molar-refractivity contribution in [1.29, 1.82) is 0 Å². The average Bonchev–Trinajstić information content (AvgIpc) is 2.01. The van der Waals surface area contributed by atoms with Crippen LogP contribution in [0.1, 0.15) is 19.8 Å². The Kier molecular flexibility index (Phi) is 6.59. The molecule has 0 aliphatic rings. The summed E-state index contributed by atoms with van der Waals surface area (Å²) in [6, 6.07) is 0.206. The molecule has 0 aliphatic heterocycles. The van der Waals surface area contributed by atoms with Crippen LogP contribution in [0.2, 0.25) is 0 Å². The predicted octanol–water partition coefficient (Wildman–Crippen LogP) is 2.67. The molecule has 0 saturated carbocycles. The van der Waals surface area contributed by atoms with Gasteiger partial charge in [-0.15, -0.1) is 0 Å². The highest BCUT2D eigenvalue weighted by atomic mass is 32.2. The first kappa shape index (κ1) is 13.1. The maximum atomic E-state index is 11.8. The van der Waals surface area contributed by atoms with E-state index in [1.165, 1.54) is 0 Å². The maximum absolute atomic E-state index is 11.8. The Bertz CT molecular complexity index is 127. The SMILES string of the molecule is CCC(CSC)NCCC(F)(F)F. The lowest BCUT2D eigenvalue weighted by atomic mass is 10.2. The Labute approximate surface area is 81.5 Å². The van der Waals surface area contributed by atoms with Gasteiger partial charge in [0.25, 0.3) is 0 Å². The van der Waals surface area contributed by atoms with Gasteiger partial charge in [-0.3, -0.25) is 0 Å². The molecule has 0 saturated heterocycles. The van der Waals surface area contributed by atoms with E-state index >= 15 is 0 Å². The van der Waals surface area contributed by atoms with E-state index in [9.17, 15) is 13.2 Å². The van der Waals surface area contributed by atoms with E-state index in [-0.39, 0.29) is 12.6 Å². The molecular formula is C8H16F3NS. The summed E-state index contributed by atoms with van der Waals surface area (Å²) in [5.74, 6) is 0.869. The summed E-state index contributed by atoms with van der Waals surface area (Å²) >= 11 is 1.65. The largest absolute Gasteiger partial charge is 0.390 e. The predicted molar refractivity (Wildman–Crippen MR) is 51.1 cm³/mol. The molecule has 0 fully saturated rings. The normalized spacial score (nSPS) is 14.5. The number of rotatable bonds is 6. The van der Waals surface area contributed by atoms with E-state index in [0.717, 1.165) is 12.2 Å². The number of alkyl halides is 3. The summed E-state index contributed by atoms with van der Waals surface area (Å²) < 4.78 is 35.3. The van der Waals surface area contributed by atoms with Crippen LogP contribution in [0, 0.1) is 0 Å². The molecule has 80 valence electrons. The third kappa shape index (κ3) is 8.43. The quantitative estimate of drug-likeness (QED) is 0.731. The fourth-order valence-corrected chi connectivity index (χ4v) is 1.70. The lowest BCUT2D eigenvalue weighted by Gasteiger charge is -2.16. The Morgan fingerprint density at radius 3 is 2.38 bits per heavy atom. The van der Waals surface area contributed by atoms with Crippen molar-refractivity contribution >= 4 is 11.8 Å². The van der Waals surface area contributed by atoms with Crippen LogP contribution in [0.15, 0.2) is 0 Å². The molecule has 0 radical (unpaired) electrons. The molecular weight excluding hydrogens is 199 g/mol. The van der Waals surface area contributed by atoms with Crippen LogP contribution in [-0.4, -0.2) is 30.8 Å². The number of nitrogens with one attached hydrogen (secondary N) is 1. The van der Waals surface area contributed by atoms with Crippen molar-refractivity contribution in [3.8, 4) is 0 Å². The van der Waals surface area contributed by atoms with Crippen molar-refractivity contribution in [3.05, 3.63) is 0 Å². The highest BCUT2D eigenvalue weighted by Crippen LogP contribution is 2.18. The first-order valence-electron chi connectivity index (χ1n) is 4.28. The van der Waals surface area contributed by atoms with Crippen molar-refractivity contribution in [3.63, 3.8) is 0 Å². The van der Waals surface area contributed by atoms with Gasteiger partial charge in [0.05, 0.1) is 6.42 Å². The lowest BCUT2D eigenvalue weighted by Crippen LogP contribution is -2.33. The van der Waals surface area contributed by atoms with Gasteiger partial charge in [0.1, 0.15) is 0 Å². The van der Waals surface area contributed by atoms with E-state index in [4.69, 9.17) is 0 Å². The Morgan fingerprint density at radius 1 is 1.38 bits per heavy atom. The summed E-state index contributed by atoms with van der Waals surface area (Å²) in [4.78, 5) is 0. The smallest absolute Gasteiger partial charge is 0.313 e. The zero-order chi connectivity index (χ0) is 10.3. The van der Waals surface area contributed by atoms with Crippen LogP contribution in [-0.2, 0) is 0 Å². The number of halogens is 3. The van der Waals surface area contributed by atoms with Gasteiger partial charge < -0.3 is 5.32 Å². The summed E-state index contributed by atoms with van der Waals surface area (Å²) in [5, 5.41) is 2.89. The van der Waals surface area contributed by atoms with E-state index in [1.54, 1.807) is 11.8 Å². The average molecular weight is 215 g/mol. The molecule has 0 heterocycles. The molecule has 1 N–H and O–H groups in total. The molecule has 5 heteroatoms. The van der Waals surface area contributed by atoms with Crippen LogP contribution in [0.5, 0.6) is 0 Å². The number of thioether (sulfide) groups is 1. The zero-order valence-corrected chi connectivity index (χ0v) is 8.76. The number of hydrogen-bond donors (Lipinski definition) is 1. The van der Waals surface area contributed by atoms with Crippen molar-refractivity contribution in [2.45, 2.75) is 32.0 Å². The molecule has 0 aromatic carbocycles. The Morgan fingerprint density at radius 2 is 2.00 bits per heavy atom. The minimum Gasteiger partial charge on any atom is -0.313 e. The highest BCUT2D eigenvalue weighted by molar-refractivity contribution is 7.98. The van der Waals surface area contributed by atoms with Gasteiger partial charge in [-0.2, -0.15) is 24.9 Å². The van der Waals surface area contributed by atoms with E-state index in [0.29, 0.717) is 0 Å². The maximum Gasteiger partial charge on any atom is 0.390 e. The molecule has 0 aliphatic carbocycles. The third-order valence-corrected chi connectivity index (χ3v) is 2.44. The molecule has 0 aromatic heterocycles. The van der Waals surface area contributed by atoms with Crippen LogP contribution in [0.25, 0.3) is 0 Å². The molecule has 1 nitrogen and oxygen atoms in total. The van der Waals surface area contributed by atoms with Gasteiger partial charge in [0.2, 0.25) is 0 Å². The van der Waals surface area contributed by atoms with Crippen LogP contribution >= 0.6 is 11.8 Å². The molecule has 0 bridgehead atoms. The molecule has 13 heavy (non-hydrogen) atoms. The first-order chi connectivity index (χ1) is 5.99. The topological polar surface area (TPSA) is 12.0 Å². The van der Waals surface area contributed by atoms with Gasteiger partial charge in [-0.05, 0) is 12.7 Å². The minimum atomic E-state index is -4.04. The van der Waals surface area contributed by atoms with E-state index < -0.39 is 12.6 Å².